The van der Waals surface area contributed by atoms with Gasteiger partial charge in [-0.15, -0.1) is 5.75 Å². The molecule has 0 fully saturated rings. The van der Waals surface area contributed by atoms with Crippen molar-refractivity contribution in [2.75, 3.05) is 84.6 Å². The number of aryl methyl sites for hydroxylation is 5. The molecule has 1 radical (unpaired) electrons. The van der Waals surface area contributed by atoms with E-state index in [0.29, 0.717) is 0 Å². The van der Waals surface area contributed by atoms with Crippen molar-refractivity contribution in [3.63, 3.8) is 0 Å². The molecule has 7 aromatic carbocycles. The molecule has 397 valence electrons. The fourth-order valence-corrected chi connectivity index (χ4v) is 7.93. The van der Waals surface area contributed by atoms with Crippen LogP contribution in [-0.4, -0.2) is 99.3 Å². The van der Waals surface area contributed by atoms with E-state index in [1.165, 1.54) is 42.5 Å². The van der Waals surface area contributed by atoms with Gasteiger partial charge >= 0.3 is 93.1 Å². The molecule has 10 nitrogen and oxygen atoms in total. The van der Waals surface area contributed by atoms with E-state index in [1.54, 1.807) is 12.1 Å². The summed E-state index contributed by atoms with van der Waals surface area (Å²) in [5, 5.41) is 49.5. The number of fused-ring (bicyclic) bond motifs is 1. The van der Waals surface area contributed by atoms with Crippen molar-refractivity contribution >= 4 is 10.8 Å². The van der Waals surface area contributed by atoms with Crippen LogP contribution in [0.1, 0.15) is 61.2 Å². The van der Waals surface area contributed by atoms with Crippen LogP contribution in [0.15, 0.2) is 140 Å². The minimum Gasteiger partial charge on any atom is -0.872 e. The number of nitrogens with zero attached hydrogens (tertiary/aromatic N) is 3. The summed E-state index contributed by atoms with van der Waals surface area (Å²) < 4.78 is 0. The number of quaternary nitrogens is 3. The average molecular weight is 1170 g/mol. The van der Waals surface area contributed by atoms with Crippen molar-refractivity contribution in [2.45, 2.75) is 73.9 Å². The molecule has 0 spiro atoms. The molecule has 7 rings (SSSR count). The molecule has 0 bridgehead atoms. The van der Waals surface area contributed by atoms with Gasteiger partial charge in [-0.1, -0.05) is 185 Å². The maximum Gasteiger partial charge on any atom is 3.00 e. The summed E-state index contributed by atoms with van der Waals surface area (Å²) in [6, 6.07) is 45.5. The van der Waals surface area contributed by atoms with Crippen molar-refractivity contribution in [3.8, 4) is 23.0 Å². The van der Waals surface area contributed by atoms with Gasteiger partial charge in [0.25, 0.3) is 0 Å². The molecule has 0 amide bonds. The largest absolute Gasteiger partial charge is 3.00 e. The minimum absolute atomic E-state index is 0. The second kappa shape index (κ2) is 38.4. The van der Waals surface area contributed by atoms with E-state index in [4.69, 9.17) is 0 Å². The van der Waals surface area contributed by atoms with Gasteiger partial charge in [-0.05, 0) is 121 Å². The molecule has 0 saturated heterocycles. The molecule has 3 N–H and O–H groups in total. The minimum atomic E-state index is 0. The third-order valence-electron chi connectivity index (χ3n) is 10.9. The molecule has 0 atom stereocenters. The Balaban J connectivity index is 0.000000893. The summed E-state index contributed by atoms with van der Waals surface area (Å²) >= 11 is 0. The zero-order valence-electron chi connectivity index (χ0n) is 49.0. The molecular formula is C63H89CeKN6O4+3. The Hall–Kier alpha value is -3.23. The van der Waals surface area contributed by atoms with Gasteiger partial charge in [0.1, 0.15) is 19.6 Å². The quantitative estimate of drug-likeness (QED) is 0.161. The van der Waals surface area contributed by atoms with Gasteiger partial charge in [-0.2, -0.15) is 0 Å². The van der Waals surface area contributed by atoms with Crippen molar-refractivity contribution in [1.29, 1.82) is 0 Å². The predicted octanol–water partition coefficient (Wildman–Crippen LogP) is 2.23. The number of hydrogen-bond acceptors (Lipinski definition) is 7. The average Bonchev–Trinajstić information content (AvgIpc) is 3.29. The van der Waals surface area contributed by atoms with Gasteiger partial charge in [0.05, 0.1) is 42.3 Å². The van der Waals surface area contributed by atoms with Gasteiger partial charge in [-0.25, -0.2) is 0 Å². The number of rotatable bonds is 12. The summed E-state index contributed by atoms with van der Waals surface area (Å²) in [6.45, 7) is 14.8. The molecule has 0 aliphatic carbocycles. The zero-order valence-corrected chi connectivity index (χ0v) is 55.3. The second-order valence-electron chi connectivity index (χ2n) is 20.9. The van der Waals surface area contributed by atoms with Crippen LogP contribution < -0.4 is 86.5 Å². The third-order valence-corrected chi connectivity index (χ3v) is 10.9. The summed E-state index contributed by atoms with van der Waals surface area (Å²) in [6.07, 6.45) is 0. The monoisotopic (exact) mass is 1170 g/mol. The first kappa shape index (κ1) is 71.8. The summed E-state index contributed by atoms with van der Waals surface area (Å²) in [4.78, 5) is 9.92. The second-order valence-corrected chi connectivity index (χ2v) is 20.9. The van der Waals surface area contributed by atoms with E-state index >= 15 is 0 Å². The standard InChI is InChI=1S/3C13H22N2O.C10H8O.2C7H8.Ce.K/c3*1-10-6-11(8-14(2)3)13(16)12(7-10)9-15(4)5;11-10-6-5-8-3-1-2-4-9(8)7-10;2*1-7-5-3-2-4-6-7;;/h3*6-7,16H,8-9H2,1-5H3;1-7,11H;2*2-6H,1H3;;/q;;;;;;+3;+1/p-1. The molecule has 0 aromatic heterocycles. The van der Waals surface area contributed by atoms with E-state index in [9.17, 15) is 20.4 Å². The van der Waals surface area contributed by atoms with Crippen LogP contribution >= 0.6 is 0 Å². The van der Waals surface area contributed by atoms with E-state index < -0.39 is 0 Å². The number of benzene rings is 7. The molecule has 0 unspecified atom stereocenters. The Morgan fingerprint density at radius 3 is 0.853 bits per heavy atom. The third kappa shape index (κ3) is 30.5. The van der Waals surface area contributed by atoms with Crippen molar-refractivity contribution < 1.29 is 128 Å². The fraction of sp³-hybridized carbons (Fsp3) is 0.365. The molecule has 75 heavy (non-hydrogen) atoms. The predicted molar refractivity (Wildman–Crippen MR) is 299 cm³/mol. The van der Waals surface area contributed by atoms with Gasteiger partial charge in [0.2, 0.25) is 0 Å². The van der Waals surface area contributed by atoms with E-state index in [1.807, 2.05) is 181 Å². The maximum absolute atomic E-state index is 12.2. The van der Waals surface area contributed by atoms with Crippen LogP contribution in [0.25, 0.3) is 10.8 Å². The van der Waals surface area contributed by atoms with Gasteiger partial charge in [0, 0.05) is 19.6 Å². The molecule has 0 heterocycles. The molecule has 0 aliphatic heterocycles. The van der Waals surface area contributed by atoms with Crippen LogP contribution in [-0.2, 0) is 39.3 Å². The molecule has 0 aliphatic rings. The Labute approximate surface area is 529 Å². The number of hydrogen-bond donors (Lipinski definition) is 3. The fourth-order valence-electron chi connectivity index (χ4n) is 7.93. The summed E-state index contributed by atoms with van der Waals surface area (Å²) in [7, 11) is 24.3. The first-order chi connectivity index (χ1) is 34.3. The first-order valence-corrected chi connectivity index (χ1v) is 25.2. The van der Waals surface area contributed by atoms with Crippen LogP contribution in [0.3, 0.4) is 0 Å². The first-order valence-electron chi connectivity index (χ1n) is 25.2. The van der Waals surface area contributed by atoms with E-state index in [2.05, 4.69) is 80.4 Å². The Morgan fingerprint density at radius 1 is 0.333 bits per heavy atom. The van der Waals surface area contributed by atoms with Gasteiger partial charge < -0.3 is 49.8 Å². The smallest absolute Gasteiger partial charge is 0.872 e. The van der Waals surface area contributed by atoms with Crippen molar-refractivity contribution in [3.05, 3.63) is 201 Å². The van der Waals surface area contributed by atoms with Crippen LogP contribution in [0.5, 0.6) is 23.0 Å². The maximum atomic E-state index is 12.2. The topological polar surface area (TPSA) is 115 Å². The van der Waals surface area contributed by atoms with Crippen LogP contribution in [0.4, 0.5) is 0 Å². The van der Waals surface area contributed by atoms with E-state index in [0.717, 1.165) is 83.4 Å². The van der Waals surface area contributed by atoms with Crippen LogP contribution in [0.2, 0.25) is 0 Å². The Morgan fingerprint density at radius 2 is 0.600 bits per heavy atom. The molecule has 7 aromatic rings. The van der Waals surface area contributed by atoms with Crippen molar-refractivity contribution in [1.82, 2.24) is 14.7 Å². The van der Waals surface area contributed by atoms with Gasteiger partial charge in [-0.3, -0.25) is 0 Å². The number of nitrogens with one attached hydrogen (secondary N) is 3. The molecule has 12 heteroatoms. The molecular weight excluding hydrogens is 1080 g/mol. The van der Waals surface area contributed by atoms with Crippen molar-refractivity contribution in [2.24, 2.45) is 0 Å². The summed E-state index contributed by atoms with van der Waals surface area (Å²) in [5.74, 6) is 0.699. The SMILES string of the molecule is Cc1cc(CN(C)C)c([O-])c(C[NH+](C)C)c1.Cc1cc(CN(C)C)c([O-])c(C[NH+](C)C)c1.Cc1cc(CN(C)C)c([O-])c(C[NH+](C)C)c1.Cc1ccccc1.Cc1ccccc1.[Ce+3].[K+].[O-]c1ccc2ccccc2c1. The van der Waals surface area contributed by atoms with Gasteiger partial charge in [0.15, 0.2) is 0 Å². The Kier molecular flexibility index (Phi) is 36.7. The summed E-state index contributed by atoms with van der Waals surface area (Å²) in [5.41, 5.74) is 11.7. The molecule has 0 saturated carbocycles. The van der Waals surface area contributed by atoms with Crippen LogP contribution in [0, 0.1) is 76.4 Å². The normalized spacial score (nSPS) is 10.4. The Bertz CT molecular complexity index is 2360. The van der Waals surface area contributed by atoms with E-state index in [-0.39, 0.29) is 116 Å². The zero-order chi connectivity index (χ0) is 54.8.